The van der Waals surface area contributed by atoms with E-state index in [2.05, 4.69) is 31.9 Å². The molecule has 5 N–H and O–H groups in total. The maximum Gasteiger partial charge on any atom is 0.231 e. The number of rotatable bonds is 7. The van der Waals surface area contributed by atoms with Gasteiger partial charge in [0.15, 0.2) is 5.82 Å². The molecule has 1 aromatic heterocycles. The summed E-state index contributed by atoms with van der Waals surface area (Å²) in [7, 11) is 0. The largest absolute Gasteiger partial charge is 0.385 e. The highest BCUT2D eigenvalue weighted by atomic mass is 15.2. The molecule has 2 rings (SSSR count). The molecule has 0 atom stereocenters. The van der Waals surface area contributed by atoms with Crippen molar-refractivity contribution in [3.05, 3.63) is 60.2 Å². The van der Waals surface area contributed by atoms with Crippen LogP contribution >= 0.6 is 0 Å². The Labute approximate surface area is 147 Å². The number of nitrogens with two attached hydrogens (primary N) is 2. The number of aryl methyl sites for hydroxylation is 1. The quantitative estimate of drug-likeness (QED) is 0.235. The molecule has 0 radical (unpaired) electrons. The first-order valence-corrected chi connectivity index (χ1v) is 8.01. The van der Waals surface area contributed by atoms with Gasteiger partial charge in [-0.1, -0.05) is 37.8 Å². The molecule has 1 aromatic carbocycles. The van der Waals surface area contributed by atoms with Gasteiger partial charge in [0.25, 0.3) is 0 Å². The normalized spacial score (nSPS) is 12.1. The summed E-state index contributed by atoms with van der Waals surface area (Å²) in [5.41, 5.74) is 8.39. The second-order valence-electron chi connectivity index (χ2n) is 5.32. The van der Waals surface area contributed by atoms with Crippen molar-refractivity contribution in [1.82, 2.24) is 15.0 Å². The minimum atomic E-state index is 0.388. The fraction of sp³-hybridized carbons (Fsp3) is 0.222. The van der Waals surface area contributed by atoms with Crippen LogP contribution in [0.3, 0.4) is 0 Å². The van der Waals surface area contributed by atoms with E-state index in [0.717, 1.165) is 29.1 Å². The summed E-state index contributed by atoms with van der Waals surface area (Å²) < 4.78 is 0. The highest BCUT2D eigenvalue weighted by Crippen LogP contribution is 2.17. The van der Waals surface area contributed by atoms with Gasteiger partial charge < -0.3 is 16.9 Å². The summed E-state index contributed by atoms with van der Waals surface area (Å²) in [4.78, 5) is 13.4. The van der Waals surface area contributed by atoms with Crippen LogP contribution in [0, 0.1) is 0 Å². The van der Waals surface area contributed by atoms with E-state index in [9.17, 15) is 0 Å². The Morgan fingerprint density at radius 1 is 1.24 bits per heavy atom. The molecule has 0 aliphatic rings. The zero-order valence-electron chi connectivity index (χ0n) is 14.5. The minimum Gasteiger partial charge on any atom is -0.385 e. The second kappa shape index (κ2) is 8.58. The van der Waals surface area contributed by atoms with Crippen LogP contribution in [0.1, 0.15) is 31.1 Å². The van der Waals surface area contributed by atoms with Gasteiger partial charge in [0.1, 0.15) is 11.7 Å². The van der Waals surface area contributed by atoms with Gasteiger partial charge in [-0.3, -0.25) is 0 Å². The van der Waals surface area contributed by atoms with Crippen molar-refractivity contribution in [3.8, 4) is 0 Å². The topological polar surface area (TPSA) is 115 Å². The molecule has 7 heteroatoms. The van der Waals surface area contributed by atoms with Crippen LogP contribution in [0.2, 0.25) is 0 Å². The number of nitrogens with one attached hydrogen (secondary N) is 1. The third kappa shape index (κ3) is 4.87. The molecule has 0 saturated carbocycles. The molecule has 1 heterocycles. The molecule has 0 saturated heterocycles. The summed E-state index contributed by atoms with van der Waals surface area (Å²) in [5.74, 6) is 7.37. The first kappa shape index (κ1) is 18.1. The summed E-state index contributed by atoms with van der Waals surface area (Å²) in [5, 5.41) is 6.68. The predicted octanol–water partition coefficient (Wildman–Crippen LogP) is 2.54. The lowest BCUT2D eigenvalue weighted by atomic mass is 10.1. The molecule has 0 bridgehead atoms. The smallest absolute Gasteiger partial charge is 0.231 e. The zero-order chi connectivity index (χ0) is 18.2. The molecule has 0 amide bonds. The fourth-order valence-electron chi connectivity index (χ4n) is 2.19. The van der Waals surface area contributed by atoms with Gasteiger partial charge in [-0.15, -0.1) is 0 Å². The predicted molar refractivity (Wildman–Crippen MR) is 102 cm³/mol. The van der Waals surface area contributed by atoms with Crippen LogP contribution in [0.15, 0.2) is 48.1 Å². The molecule has 0 unspecified atom stereocenters. The molecule has 0 spiro atoms. The van der Waals surface area contributed by atoms with Crippen LogP contribution < -0.4 is 16.9 Å². The van der Waals surface area contributed by atoms with Crippen LogP contribution in [0.25, 0.3) is 5.57 Å². The van der Waals surface area contributed by atoms with E-state index >= 15 is 0 Å². The van der Waals surface area contributed by atoms with Crippen molar-refractivity contribution in [2.24, 2.45) is 16.7 Å². The lowest BCUT2D eigenvalue weighted by Crippen LogP contribution is -2.16. The van der Waals surface area contributed by atoms with Crippen molar-refractivity contribution in [1.29, 1.82) is 0 Å². The molecular formula is C18H23N7. The molecule has 25 heavy (non-hydrogen) atoms. The number of allylic oxidation sites excluding steroid dienone is 3. The first-order valence-electron chi connectivity index (χ1n) is 8.01. The third-order valence-electron chi connectivity index (χ3n) is 3.55. The number of hydrogen-bond donors (Lipinski definition) is 3. The lowest BCUT2D eigenvalue weighted by molar-refractivity contribution is 0.891. The summed E-state index contributed by atoms with van der Waals surface area (Å²) >= 11 is 0. The van der Waals surface area contributed by atoms with Gasteiger partial charge in [0.05, 0.1) is 0 Å². The van der Waals surface area contributed by atoms with Crippen molar-refractivity contribution in [3.63, 3.8) is 0 Å². The molecule has 2 aromatic rings. The number of anilines is 2. The van der Waals surface area contributed by atoms with E-state index < -0.39 is 0 Å². The maximum atomic E-state index is 5.64. The van der Waals surface area contributed by atoms with Gasteiger partial charge in [0.2, 0.25) is 5.95 Å². The van der Waals surface area contributed by atoms with Crippen LogP contribution in [-0.2, 0) is 12.8 Å². The monoisotopic (exact) mass is 337 g/mol. The first-order chi connectivity index (χ1) is 12.1. The van der Waals surface area contributed by atoms with E-state index in [1.165, 1.54) is 0 Å². The Hall–Kier alpha value is -3.22. The van der Waals surface area contributed by atoms with E-state index in [1.807, 2.05) is 44.2 Å². The highest BCUT2D eigenvalue weighted by Gasteiger charge is 2.08. The third-order valence-corrected chi connectivity index (χ3v) is 3.55. The standard InChI is InChI=1S/C18H23N7/c1-4-13(5-2)17-22-16(6-3)23-18(24-17)21-14-9-7-12(8-10-14)11-15(19)25-20/h4-5,7-10H,1,6,11,20H2,2-3H3,(H2,19,25)(H,21,22,23,24)/b13-5+. The second-order valence-corrected chi connectivity index (χ2v) is 5.32. The number of nitrogens with zero attached hydrogens (tertiary/aromatic N) is 4. The minimum absolute atomic E-state index is 0.388. The Balaban J connectivity index is 2.24. The van der Waals surface area contributed by atoms with E-state index in [1.54, 1.807) is 6.08 Å². The van der Waals surface area contributed by atoms with E-state index in [-0.39, 0.29) is 0 Å². The summed E-state index contributed by atoms with van der Waals surface area (Å²) in [6.07, 6.45) is 4.88. The number of amidine groups is 1. The fourth-order valence-corrected chi connectivity index (χ4v) is 2.19. The van der Waals surface area contributed by atoms with Crippen LogP contribution in [0.4, 0.5) is 11.6 Å². The lowest BCUT2D eigenvalue weighted by Gasteiger charge is -2.09. The van der Waals surface area contributed by atoms with Gasteiger partial charge in [0, 0.05) is 24.1 Å². The number of hydrogen-bond acceptors (Lipinski definition) is 6. The molecule has 7 nitrogen and oxygen atoms in total. The Morgan fingerprint density at radius 2 is 1.96 bits per heavy atom. The highest BCUT2D eigenvalue weighted by molar-refractivity contribution is 5.82. The van der Waals surface area contributed by atoms with Crippen molar-refractivity contribution < 1.29 is 0 Å². The average molecular weight is 337 g/mol. The summed E-state index contributed by atoms with van der Waals surface area (Å²) in [6.45, 7) is 7.73. The Kier molecular flexibility index (Phi) is 6.22. The van der Waals surface area contributed by atoms with E-state index in [0.29, 0.717) is 24.0 Å². The molecule has 0 fully saturated rings. The van der Waals surface area contributed by atoms with Crippen molar-refractivity contribution in [2.45, 2.75) is 26.7 Å². The molecular weight excluding hydrogens is 314 g/mol. The number of aromatic nitrogens is 3. The maximum absolute atomic E-state index is 5.64. The van der Waals surface area contributed by atoms with E-state index in [4.69, 9.17) is 11.6 Å². The Morgan fingerprint density at radius 3 is 2.52 bits per heavy atom. The molecule has 0 aliphatic heterocycles. The van der Waals surface area contributed by atoms with Crippen LogP contribution in [0.5, 0.6) is 0 Å². The van der Waals surface area contributed by atoms with Gasteiger partial charge >= 0.3 is 0 Å². The number of hydrazone groups is 1. The van der Waals surface area contributed by atoms with Gasteiger partial charge in [-0.2, -0.15) is 15.1 Å². The molecule has 0 aliphatic carbocycles. The molecule has 130 valence electrons. The van der Waals surface area contributed by atoms with Crippen molar-refractivity contribution >= 4 is 23.0 Å². The number of benzene rings is 1. The van der Waals surface area contributed by atoms with Gasteiger partial charge in [-0.25, -0.2) is 4.98 Å². The van der Waals surface area contributed by atoms with Crippen LogP contribution in [-0.4, -0.2) is 20.8 Å². The van der Waals surface area contributed by atoms with Gasteiger partial charge in [-0.05, 0) is 24.6 Å². The SMILES string of the molecule is C=C/C(=C\C)c1nc(CC)nc(Nc2ccc(CC(N)=NN)cc2)n1. The summed E-state index contributed by atoms with van der Waals surface area (Å²) in [6, 6.07) is 7.76. The van der Waals surface area contributed by atoms with Crippen molar-refractivity contribution in [2.75, 3.05) is 5.32 Å². The average Bonchev–Trinajstić information content (AvgIpc) is 2.64. The zero-order valence-corrected chi connectivity index (χ0v) is 14.5. The Bertz CT molecular complexity index is 792.